The van der Waals surface area contributed by atoms with Gasteiger partial charge in [0, 0.05) is 15.2 Å². The highest BCUT2D eigenvalue weighted by atomic mass is 28.3. The normalized spacial score (nSPS) is 12.0. The number of rotatable bonds is 5. The van der Waals surface area contributed by atoms with Crippen LogP contribution in [0.15, 0.2) is 0 Å². The van der Waals surface area contributed by atoms with E-state index in [1.807, 2.05) is 0 Å². The summed E-state index contributed by atoms with van der Waals surface area (Å²) in [4.78, 5) is 0. The highest BCUT2D eigenvalue weighted by molar-refractivity contribution is 6.75. The summed E-state index contributed by atoms with van der Waals surface area (Å²) in [6.45, 7) is 14.3. The maximum absolute atomic E-state index is 5.33. The quantitative estimate of drug-likeness (QED) is 0.738. The first kappa shape index (κ1) is 17.5. The lowest BCUT2D eigenvalue weighted by atomic mass is 10.0. The summed E-state index contributed by atoms with van der Waals surface area (Å²) >= 11 is 0. The number of nitrogens with two attached hydrogens (primary N) is 1. The van der Waals surface area contributed by atoms with Gasteiger partial charge in [-0.1, -0.05) is 32.6 Å². The molecule has 0 aliphatic rings. The van der Waals surface area contributed by atoms with Crippen molar-refractivity contribution in [2.45, 2.75) is 64.9 Å². The van der Waals surface area contributed by atoms with Crippen molar-refractivity contribution >= 4 is 8.07 Å². The van der Waals surface area contributed by atoms with E-state index >= 15 is 0 Å². The fourth-order valence-electron chi connectivity index (χ4n) is 0.630. The molecule has 0 amide bonds. The minimum absolute atomic E-state index is 0.0133. The minimum atomic E-state index is -0.631. The predicted octanol–water partition coefficient (Wildman–Crippen LogP) is 3.49. The molecule has 0 aliphatic carbocycles. The van der Waals surface area contributed by atoms with Crippen molar-refractivity contribution in [3.63, 3.8) is 0 Å². The van der Waals surface area contributed by atoms with Crippen molar-refractivity contribution in [3.8, 4) is 0 Å². The number of methoxy groups -OCH3 is 1. The molecule has 0 aromatic rings. The first-order chi connectivity index (χ1) is 6.68. The summed E-state index contributed by atoms with van der Waals surface area (Å²) in [6, 6.07) is 1.41. The molecule has 0 aromatic heterocycles. The van der Waals surface area contributed by atoms with Crippen molar-refractivity contribution in [2.24, 2.45) is 5.73 Å². The van der Waals surface area contributed by atoms with Crippen LogP contribution in [0, 0.1) is 0 Å². The SMILES string of the molecule is CC[Si](C)(C)C.COC(C)(C)CCCN. The van der Waals surface area contributed by atoms with E-state index < -0.39 is 8.07 Å². The summed E-state index contributed by atoms with van der Waals surface area (Å²) in [5, 5.41) is 0. The second kappa shape index (κ2) is 8.31. The molecule has 0 fully saturated rings. The average Bonchev–Trinajstić information content (AvgIpc) is 2.15. The summed E-state index contributed by atoms with van der Waals surface area (Å²) < 4.78 is 5.18. The standard InChI is InChI=1S/C7H17NO.C5H14Si/c1-7(2,9-3)5-4-6-8;1-5-6(2,3)4/h4-6,8H2,1-3H3;5H2,1-4H3. The zero-order valence-corrected chi connectivity index (χ0v) is 12.8. The summed E-state index contributed by atoms with van der Waals surface area (Å²) in [7, 11) is 1.10. The van der Waals surface area contributed by atoms with Gasteiger partial charge in [-0.3, -0.25) is 0 Å². The monoisotopic (exact) mass is 233 g/mol. The molecule has 2 nitrogen and oxygen atoms in total. The van der Waals surface area contributed by atoms with Crippen LogP contribution < -0.4 is 5.73 Å². The summed E-state index contributed by atoms with van der Waals surface area (Å²) in [5.41, 5.74) is 5.35. The lowest BCUT2D eigenvalue weighted by molar-refractivity contribution is 0.0144. The Balaban J connectivity index is 0. The van der Waals surface area contributed by atoms with Gasteiger partial charge < -0.3 is 10.5 Å². The molecule has 0 rings (SSSR count). The van der Waals surface area contributed by atoms with E-state index in [1.165, 1.54) is 6.04 Å². The van der Waals surface area contributed by atoms with Gasteiger partial charge in [0.25, 0.3) is 0 Å². The largest absolute Gasteiger partial charge is 0.379 e. The fraction of sp³-hybridized carbons (Fsp3) is 1.00. The third kappa shape index (κ3) is 16.8. The Morgan fingerprint density at radius 2 is 1.60 bits per heavy atom. The zero-order valence-electron chi connectivity index (χ0n) is 11.8. The molecule has 0 radical (unpaired) electrons. The maximum Gasteiger partial charge on any atom is 0.0623 e. The van der Waals surface area contributed by atoms with Crippen molar-refractivity contribution in [2.75, 3.05) is 13.7 Å². The van der Waals surface area contributed by atoms with Gasteiger partial charge in [0.1, 0.15) is 0 Å². The van der Waals surface area contributed by atoms with Crippen LogP contribution in [0.2, 0.25) is 25.7 Å². The highest BCUT2D eigenvalue weighted by Gasteiger charge is 2.14. The topological polar surface area (TPSA) is 35.2 Å². The van der Waals surface area contributed by atoms with E-state index in [0.717, 1.165) is 19.4 Å². The second-order valence-corrected chi connectivity index (χ2v) is 11.6. The van der Waals surface area contributed by atoms with Gasteiger partial charge >= 0.3 is 0 Å². The Hall–Kier alpha value is 0.137. The molecular formula is C12H31NOSi. The molecule has 0 bridgehead atoms. The van der Waals surface area contributed by atoms with E-state index in [1.54, 1.807) is 7.11 Å². The van der Waals surface area contributed by atoms with Crippen LogP contribution in [0.5, 0.6) is 0 Å². The van der Waals surface area contributed by atoms with Crippen LogP contribution in [-0.2, 0) is 4.74 Å². The molecular weight excluding hydrogens is 202 g/mol. The van der Waals surface area contributed by atoms with Crippen LogP contribution in [0.25, 0.3) is 0 Å². The lowest BCUT2D eigenvalue weighted by Crippen LogP contribution is -2.23. The number of ether oxygens (including phenoxy) is 1. The third-order valence-electron chi connectivity index (χ3n) is 2.60. The Morgan fingerprint density at radius 3 is 1.80 bits per heavy atom. The second-order valence-electron chi connectivity index (χ2n) is 5.77. The molecule has 2 N–H and O–H groups in total. The lowest BCUT2D eigenvalue weighted by Gasteiger charge is -2.21. The Bertz CT molecular complexity index is 141. The van der Waals surface area contributed by atoms with Crippen molar-refractivity contribution in [1.82, 2.24) is 0 Å². The Morgan fingerprint density at radius 1 is 1.20 bits per heavy atom. The zero-order chi connectivity index (χ0) is 12.5. The van der Waals surface area contributed by atoms with Gasteiger partial charge in [0.05, 0.1) is 5.60 Å². The molecule has 3 heteroatoms. The van der Waals surface area contributed by atoms with Crippen LogP contribution in [0.4, 0.5) is 0 Å². The van der Waals surface area contributed by atoms with Crippen LogP contribution in [0.1, 0.15) is 33.6 Å². The molecule has 0 aliphatic heterocycles. The fourth-order valence-corrected chi connectivity index (χ4v) is 0.630. The van der Waals surface area contributed by atoms with E-state index in [0.29, 0.717) is 0 Å². The van der Waals surface area contributed by atoms with Crippen molar-refractivity contribution in [1.29, 1.82) is 0 Å². The highest BCUT2D eigenvalue weighted by Crippen LogP contribution is 2.13. The van der Waals surface area contributed by atoms with Gasteiger partial charge in [0.15, 0.2) is 0 Å². The molecule has 0 atom stereocenters. The third-order valence-corrected chi connectivity index (χ3v) is 4.72. The summed E-state index contributed by atoms with van der Waals surface area (Å²) in [5.74, 6) is 0. The first-order valence-corrected chi connectivity index (χ1v) is 9.64. The van der Waals surface area contributed by atoms with Crippen LogP contribution >= 0.6 is 0 Å². The predicted molar refractivity (Wildman–Crippen MR) is 73.2 cm³/mol. The van der Waals surface area contributed by atoms with E-state index in [2.05, 4.69) is 40.4 Å². The molecule has 0 aromatic carbocycles. The minimum Gasteiger partial charge on any atom is -0.379 e. The Kier molecular flexibility index (Phi) is 9.71. The first-order valence-electron chi connectivity index (χ1n) is 5.93. The molecule has 0 unspecified atom stereocenters. The molecule has 15 heavy (non-hydrogen) atoms. The van der Waals surface area contributed by atoms with Crippen LogP contribution in [0.3, 0.4) is 0 Å². The molecule has 0 spiro atoms. The van der Waals surface area contributed by atoms with Gasteiger partial charge in [-0.15, -0.1) is 0 Å². The molecule has 0 saturated heterocycles. The Labute approximate surface area is 97.6 Å². The molecule has 0 heterocycles. The average molecular weight is 233 g/mol. The summed E-state index contributed by atoms with van der Waals surface area (Å²) in [6.07, 6.45) is 2.08. The van der Waals surface area contributed by atoms with E-state index in [-0.39, 0.29) is 5.60 Å². The smallest absolute Gasteiger partial charge is 0.0623 e. The van der Waals surface area contributed by atoms with Crippen molar-refractivity contribution in [3.05, 3.63) is 0 Å². The van der Waals surface area contributed by atoms with Gasteiger partial charge in [-0.25, -0.2) is 0 Å². The van der Waals surface area contributed by atoms with Crippen LogP contribution in [-0.4, -0.2) is 27.3 Å². The molecule has 94 valence electrons. The molecule has 0 saturated carbocycles. The van der Waals surface area contributed by atoms with Gasteiger partial charge in [-0.2, -0.15) is 0 Å². The van der Waals surface area contributed by atoms with Gasteiger partial charge in [-0.05, 0) is 33.2 Å². The number of hydrogen-bond donors (Lipinski definition) is 1. The van der Waals surface area contributed by atoms with Crippen molar-refractivity contribution < 1.29 is 4.74 Å². The number of hydrogen-bond acceptors (Lipinski definition) is 2. The van der Waals surface area contributed by atoms with Gasteiger partial charge in [0.2, 0.25) is 0 Å². The van der Waals surface area contributed by atoms with E-state index in [4.69, 9.17) is 10.5 Å². The van der Waals surface area contributed by atoms with E-state index in [9.17, 15) is 0 Å². The maximum atomic E-state index is 5.33.